The highest BCUT2D eigenvalue weighted by molar-refractivity contribution is 8.01. The third-order valence-corrected chi connectivity index (χ3v) is 5.99. The molecule has 0 aliphatic carbocycles. The SMILES string of the molecule is CC1(C)S[C@@H]2[C@H](NC(=O)[C@@H](N)c3ccccc3)C(=O)N2[C@H]1C(=O)O. The largest absolute Gasteiger partial charge is 0.480 e. The molecular formula is C16H19N3O4S. The second kappa shape index (κ2) is 5.78. The summed E-state index contributed by atoms with van der Waals surface area (Å²) >= 11 is 1.38. The fraction of sp³-hybridized carbons (Fsp3) is 0.438. The van der Waals surface area contributed by atoms with Crippen LogP contribution in [0.1, 0.15) is 25.5 Å². The zero-order chi connectivity index (χ0) is 17.6. The summed E-state index contributed by atoms with van der Waals surface area (Å²) in [6.45, 7) is 3.58. The Balaban J connectivity index is 1.71. The van der Waals surface area contributed by atoms with Gasteiger partial charge in [-0.2, -0.15) is 0 Å². The van der Waals surface area contributed by atoms with Gasteiger partial charge in [-0.1, -0.05) is 30.3 Å². The summed E-state index contributed by atoms with van der Waals surface area (Å²) in [6.07, 6.45) is 0. The molecule has 24 heavy (non-hydrogen) atoms. The summed E-state index contributed by atoms with van der Waals surface area (Å²) < 4.78 is -0.618. The molecule has 7 nitrogen and oxygen atoms in total. The highest BCUT2D eigenvalue weighted by Crippen LogP contribution is 2.50. The highest BCUT2D eigenvalue weighted by Gasteiger charge is 2.64. The van der Waals surface area contributed by atoms with Gasteiger partial charge in [-0.05, 0) is 19.4 Å². The molecule has 2 amide bonds. The van der Waals surface area contributed by atoms with Gasteiger partial charge in [0.25, 0.3) is 0 Å². The molecule has 3 rings (SSSR count). The lowest BCUT2D eigenvalue weighted by Crippen LogP contribution is -2.71. The maximum Gasteiger partial charge on any atom is 0.327 e. The number of hydrogen-bond donors (Lipinski definition) is 3. The van der Waals surface area contributed by atoms with Crippen molar-refractivity contribution in [3.63, 3.8) is 0 Å². The molecule has 1 aromatic rings. The van der Waals surface area contributed by atoms with Gasteiger partial charge in [-0.15, -0.1) is 11.8 Å². The van der Waals surface area contributed by atoms with E-state index in [0.29, 0.717) is 5.56 Å². The van der Waals surface area contributed by atoms with Gasteiger partial charge in [0.2, 0.25) is 11.8 Å². The number of carbonyl (C=O) groups is 3. The van der Waals surface area contributed by atoms with Crippen LogP contribution in [0.2, 0.25) is 0 Å². The molecule has 128 valence electrons. The molecule has 0 spiro atoms. The lowest BCUT2D eigenvalue weighted by molar-refractivity contribution is -0.161. The number of amides is 2. The fourth-order valence-corrected chi connectivity index (χ4v) is 4.83. The van der Waals surface area contributed by atoms with Crippen molar-refractivity contribution >= 4 is 29.5 Å². The van der Waals surface area contributed by atoms with Crippen molar-refractivity contribution < 1.29 is 19.5 Å². The third kappa shape index (κ3) is 2.55. The van der Waals surface area contributed by atoms with E-state index in [2.05, 4.69) is 5.32 Å². The first kappa shape index (κ1) is 16.8. The average Bonchev–Trinajstić information content (AvgIpc) is 2.80. The number of nitrogens with one attached hydrogen (secondary N) is 1. The molecule has 0 radical (unpaired) electrons. The second-order valence-corrected chi connectivity index (χ2v) is 8.24. The van der Waals surface area contributed by atoms with Gasteiger partial charge in [-0.3, -0.25) is 9.59 Å². The monoisotopic (exact) mass is 349 g/mol. The zero-order valence-corrected chi connectivity index (χ0v) is 14.1. The number of hydrogen-bond acceptors (Lipinski definition) is 5. The van der Waals surface area contributed by atoms with E-state index in [1.807, 2.05) is 6.07 Å². The Labute approximate surface area is 143 Å². The molecular weight excluding hydrogens is 330 g/mol. The maximum atomic E-state index is 12.3. The van der Waals surface area contributed by atoms with Gasteiger partial charge in [0.15, 0.2) is 0 Å². The molecule has 2 fully saturated rings. The lowest BCUT2D eigenvalue weighted by Gasteiger charge is -2.43. The van der Waals surface area contributed by atoms with Crippen LogP contribution in [-0.4, -0.2) is 50.0 Å². The summed E-state index contributed by atoms with van der Waals surface area (Å²) in [5, 5.41) is 11.7. The standard InChI is InChI=1S/C16H19N3O4S/c1-16(2)11(15(22)23)19-13(21)10(14(19)24-16)18-12(20)9(17)8-6-4-3-5-7-8/h3-7,9-11,14H,17H2,1-2H3,(H,18,20)(H,22,23)/t9-,10+,11-,14+/m0/s1. The molecule has 4 N–H and O–H groups in total. The Morgan fingerprint density at radius 3 is 2.54 bits per heavy atom. The van der Waals surface area contributed by atoms with Gasteiger partial charge in [0.1, 0.15) is 23.5 Å². The summed E-state index contributed by atoms with van der Waals surface area (Å²) in [6, 6.07) is 6.38. The quantitative estimate of drug-likeness (QED) is 0.675. The predicted octanol–water partition coefficient (Wildman–Crippen LogP) is 0.318. The number of β-lactam (4-membered cyclic amide) rings is 1. The van der Waals surface area contributed by atoms with E-state index >= 15 is 0 Å². The van der Waals surface area contributed by atoms with Crippen LogP contribution in [0.3, 0.4) is 0 Å². The van der Waals surface area contributed by atoms with Crippen molar-refractivity contribution in [2.75, 3.05) is 0 Å². The molecule has 0 saturated carbocycles. The number of fused-ring (bicyclic) bond motifs is 1. The third-order valence-electron chi connectivity index (χ3n) is 4.41. The molecule has 8 heteroatoms. The minimum absolute atomic E-state index is 0.375. The molecule has 4 atom stereocenters. The van der Waals surface area contributed by atoms with Gasteiger partial charge >= 0.3 is 5.97 Å². The number of carboxylic acid groups (broad SMARTS) is 1. The summed E-state index contributed by atoms with van der Waals surface area (Å²) in [7, 11) is 0. The number of carbonyl (C=O) groups excluding carboxylic acids is 2. The molecule has 2 heterocycles. The number of carboxylic acids is 1. The minimum atomic E-state index is -1.03. The van der Waals surface area contributed by atoms with Crippen LogP contribution in [0.5, 0.6) is 0 Å². The molecule has 2 aliphatic rings. The number of benzene rings is 1. The first-order valence-electron chi connectivity index (χ1n) is 7.58. The molecule has 0 aromatic heterocycles. The van der Waals surface area contributed by atoms with Crippen molar-refractivity contribution in [1.29, 1.82) is 0 Å². The maximum absolute atomic E-state index is 12.3. The van der Waals surface area contributed by atoms with Crippen LogP contribution in [-0.2, 0) is 14.4 Å². The van der Waals surface area contributed by atoms with Crippen LogP contribution in [0.25, 0.3) is 0 Å². The molecule has 0 bridgehead atoms. The highest BCUT2D eigenvalue weighted by atomic mass is 32.2. The van der Waals surface area contributed by atoms with Crippen molar-refractivity contribution in [1.82, 2.24) is 10.2 Å². The van der Waals surface area contributed by atoms with Crippen molar-refractivity contribution in [2.24, 2.45) is 5.73 Å². The first-order valence-corrected chi connectivity index (χ1v) is 8.45. The molecule has 0 unspecified atom stereocenters. The van der Waals surface area contributed by atoms with Crippen LogP contribution < -0.4 is 11.1 Å². The van der Waals surface area contributed by atoms with Gasteiger partial charge in [0, 0.05) is 4.75 Å². The number of rotatable bonds is 4. The smallest absolute Gasteiger partial charge is 0.327 e. The van der Waals surface area contributed by atoms with Crippen molar-refractivity contribution in [3.8, 4) is 0 Å². The van der Waals surface area contributed by atoms with Crippen LogP contribution >= 0.6 is 11.8 Å². The van der Waals surface area contributed by atoms with E-state index in [9.17, 15) is 19.5 Å². The summed E-state index contributed by atoms with van der Waals surface area (Å²) in [4.78, 5) is 37.5. The molecule has 1 aromatic carbocycles. The Morgan fingerprint density at radius 2 is 1.96 bits per heavy atom. The predicted molar refractivity (Wildman–Crippen MR) is 89.0 cm³/mol. The minimum Gasteiger partial charge on any atom is -0.480 e. The first-order chi connectivity index (χ1) is 11.2. The van der Waals surface area contributed by atoms with E-state index in [-0.39, 0.29) is 11.3 Å². The Bertz CT molecular complexity index is 694. The van der Waals surface area contributed by atoms with E-state index in [1.54, 1.807) is 38.1 Å². The number of nitrogens with two attached hydrogens (primary N) is 1. The number of aliphatic carboxylic acids is 1. The number of nitrogens with zero attached hydrogens (tertiary/aromatic N) is 1. The van der Waals surface area contributed by atoms with Crippen molar-refractivity contribution in [3.05, 3.63) is 35.9 Å². The Hall–Kier alpha value is -2.06. The lowest BCUT2D eigenvalue weighted by atomic mass is 9.95. The zero-order valence-electron chi connectivity index (χ0n) is 13.3. The average molecular weight is 349 g/mol. The Morgan fingerprint density at radius 1 is 1.33 bits per heavy atom. The summed E-state index contributed by atoms with van der Waals surface area (Å²) in [5.41, 5.74) is 6.59. The van der Waals surface area contributed by atoms with E-state index in [4.69, 9.17) is 5.73 Å². The second-order valence-electron chi connectivity index (χ2n) is 6.47. The van der Waals surface area contributed by atoms with Crippen molar-refractivity contribution in [2.45, 2.75) is 42.1 Å². The fourth-order valence-electron chi connectivity index (χ4n) is 3.20. The van der Waals surface area contributed by atoms with Crippen LogP contribution in [0, 0.1) is 0 Å². The normalized spacial score (nSPS) is 28.7. The van der Waals surface area contributed by atoms with Gasteiger partial charge in [-0.25, -0.2) is 4.79 Å². The van der Waals surface area contributed by atoms with Crippen LogP contribution in [0.4, 0.5) is 0 Å². The van der Waals surface area contributed by atoms with Gasteiger partial charge in [0.05, 0.1) is 0 Å². The molecule has 2 aliphatic heterocycles. The van der Waals surface area contributed by atoms with E-state index in [1.165, 1.54) is 16.7 Å². The van der Waals surface area contributed by atoms with E-state index in [0.717, 1.165) is 0 Å². The van der Waals surface area contributed by atoms with Gasteiger partial charge < -0.3 is 21.1 Å². The topological polar surface area (TPSA) is 113 Å². The van der Waals surface area contributed by atoms with E-state index < -0.39 is 34.7 Å². The van der Waals surface area contributed by atoms with Crippen LogP contribution in [0.15, 0.2) is 30.3 Å². The summed E-state index contributed by atoms with van der Waals surface area (Å²) in [5.74, 6) is -1.86. The number of thioether (sulfide) groups is 1. The molecule has 2 saturated heterocycles. The Kier molecular flexibility index (Phi) is 4.05.